The predicted molar refractivity (Wildman–Crippen MR) is 67.8 cm³/mol. The van der Waals surface area contributed by atoms with Gasteiger partial charge in [0.05, 0.1) is 30.8 Å². The monoisotopic (exact) mass is 264 g/mol. The number of carbonyl (C=O) groups is 2. The first-order chi connectivity index (χ1) is 8.87. The standard InChI is InChI=1S/C13H16N2O4/c1-13(2)9(10(13)12(17)18)11(16)15-7-4-5-8(19-3)14-6-7/h4-6,9-10H,1-3H3,(H,15,16)(H,17,18). The number of hydrogen-bond acceptors (Lipinski definition) is 4. The summed E-state index contributed by atoms with van der Waals surface area (Å²) in [6.45, 7) is 3.56. The molecule has 0 bridgehead atoms. The second-order valence-corrected chi connectivity index (χ2v) is 5.19. The SMILES string of the molecule is COc1ccc(NC(=O)C2C(C(=O)O)C2(C)C)cn1. The number of rotatable bonds is 4. The van der Waals surface area contributed by atoms with Crippen molar-refractivity contribution in [1.29, 1.82) is 0 Å². The molecule has 6 nitrogen and oxygen atoms in total. The van der Waals surface area contributed by atoms with Crippen molar-refractivity contribution in [1.82, 2.24) is 4.98 Å². The molecule has 0 spiro atoms. The second kappa shape index (κ2) is 4.53. The van der Waals surface area contributed by atoms with E-state index in [0.29, 0.717) is 11.6 Å². The van der Waals surface area contributed by atoms with E-state index in [9.17, 15) is 9.59 Å². The van der Waals surface area contributed by atoms with Crippen LogP contribution in [0.25, 0.3) is 0 Å². The number of carboxylic acids is 1. The van der Waals surface area contributed by atoms with Crippen molar-refractivity contribution >= 4 is 17.6 Å². The Kier molecular flexibility index (Phi) is 3.18. The van der Waals surface area contributed by atoms with Gasteiger partial charge in [0.25, 0.3) is 0 Å². The maximum absolute atomic E-state index is 12.0. The van der Waals surface area contributed by atoms with Gasteiger partial charge in [-0.1, -0.05) is 13.8 Å². The average molecular weight is 264 g/mol. The molecule has 2 rings (SSSR count). The van der Waals surface area contributed by atoms with Gasteiger partial charge in [0.2, 0.25) is 11.8 Å². The summed E-state index contributed by atoms with van der Waals surface area (Å²) < 4.78 is 4.91. The fourth-order valence-electron chi connectivity index (χ4n) is 2.38. The topological polar surface area (TPSA) is 88.5 Å². The first-order valence-corrected chi connectivity index (χ1v) is 5.91. The van der Waals surface area contributed by atoms with Crippen LogP contribution in [0.5, 0.6) is 5.88 Å². The van der Waals surface area contributed by atoms with E-state index in [1.54, 1.807) is 26.0 Å². The van der Waals surface area contributed by atoms with Gasteiger partial charge in [-0.15, -0.1) is 0 Å². The molecule has 1 aromatic rings. The van der Waals surface area contributed by atoms with Crippen LogP contribution in [0.15, 0.2) is 18.3 Å². The summed E-state index contributed by atoms with van der Waals surface area (Å²) >= 11 is 0. The van der Waals surface area contributed by atoms with Gasteiger partial charge in [-0.2, -0.15) is 0 Å². The van der Waals surface area contributed by atoms with Gasteiger partial charge in [-0.25, -0.2) is 4.98 Å². The number of carboxylic acid groups (broad SMARTS) is 1. The van der Waals surface area contributed by atoms with Crippen molar-refractivity contribution in [2.24, 2.45) is 17.3 Å². The van der Waals surface area contributed by atoms with Crippen LogP contribution in [0.2, 0.25) is 0 Å². The highest BCUT2D eigenvalue weighted by Gasteiger charge is 2.65. The maximum atomic E-state index is 12.0. The van der Waals surface area contributed by atoms with Gasteiger partial charge in [0, 0.05) is 6.07 Å². The van der Waals surface area contributed by atoms with Crippen LogP contribution in [-0.2, 0) is 9.59 Å². The first-order valence-electron chi connectivity index (χ1n) is 5.91. The molecule has 2 unspecified atom stereocenters. The van der Waals surface area contributed by atoms with Crippen LogP contribution in [0.1, 0.15) is 13.8 Å². The van der Waals surface area contributed by atoms with E-state index in [-0.39, 0.29) is 5.91 Å². The lowest BCUT2D eigenvalue weighted by molar-refractivity contribution is -0.140. The van der Waals surface area contributed by atoms with Gasteiger partial charge in [-0.3, -0.25) is 9.59 Å². The summed E-state index contributed by atoms with van der Waals surface area (Å²) in [5, 5.41) is 11.7. The van der Waals surface area contributed by atoms with Crippen molar-refractivity contribution in [3.05, 3.63) is 18.3 Å². The van der Waals surface area contributed by atoms with Crippen LogP contribution in [0.3, 0.4) is 0 Å². The molecule has 1 saturated carbocycles. The van der Waals surface area contributed by atoms with Crippen molar-refractivity contribution in [2.75, 3.05) is 12.4 Å². The molecule has 0 saturated heterocycles. The Labute approximate surface area is 110 Å². The van der Waals surface area contributed by atoms with E-state index in [1.807, 2.05) is 0 Å². The summed E-state index contributed by atoms with van der Waals surface area (Å²) in [5.41, 5.74) is 0.0214. The minimum Gasteiger partial charge on any atom is -0.481 e. The number of nitrogens with zero attached hydrogens (tertiary/aromatic N) is 1. The summed E-state index contributed by atoms with van der Waals surface area (Å²) in [6, 6.07) is 3.29. The molecular weight excluding hydrogens is 248 g/mol. The molecule has 19 heavy (non-hydrogen) atoms. The van der Waals surface area contributed by atoms with Gasteiger partial charge in [-0.05, 0) is 11.5 Å². The number of aromatic nitrogens is 1. The highest BCUT2D eigenvalue weighted by Crippen LogP contribution is 2.58. The van der Waals surface area contributed by atoms with E-state index in [0.717, 1.165) is 0 Å². The third-order valence-electron chi connectivity index (χ3n) is 3.59. The number of aliphatic carboxylic acids is 1. The number of ether oxygens (including phenoxy) is 1. The summed E-state index contributed by atoms with van der Waals surface area (Å²) in [4.78, 5) is 27.0. The molecule has 0 aromatic carbocycles. The van der Waals surface area contributed by atoms with E-state index < -0.39 is 23.2 Å². The highest BCUT2D eigenvalue weighted by atomic mass is 16.5. The van der Waals surface area contributed by atoms with Crippen LogP contribution in [-0.4, -0.2) is 29.1 Å². The third-order valence-corrected chi connectivity index (χ3v) is 3.59. The quantitative estimate of drug-likeness (QED) is 0.857. The second-order valence-electron chi connectivity index (χ2n) is 5.19. The number of amides is 1. The summed E-state index contributed by atoms with van der Waals surface area (Å²) in [7, 11) is 1.50. The molecule has 102 valence electrons. The number of carbonyl (C=O) groups excluding carboxylic acids is 1. The normalized spacial score (nSPS) is 23.5. The Morgan fingerprint density at radius 2 is 2.05 bits per heavy atom. The molecular formula is C13H16N2O4. The Bertz CT molecular complexity index is 510. The Hall–Kier alpha value is -2.11. The van der Waals surface area contributed by atoms with E-state index in [1.165, 1.54) is 13.3 Å². The van der Waals surface area contributed by atoms with Gasteiger partial charge in [0.15, 0.2) is 0 Å². The van der Waals surface area contributed by atoms with Crippen LogP contribution in [0.4, 0.5) is 5.69 Å². The molecule has 2 atom stereocenters. The Morgan fingerprint density at radius 1 is 1.37 bits per heavy atom. The highest BCUT2D eigenvalue weighted by molar-refractivity contribution is 5.99. The first kappa shape index (κ1) is 13.3. The largest absolute Gasteiger partial charge is 0.481 e. The molecule has 1 aliphatic rings. The smallest absolute Gasteiger partial charge is 0.307 e. The molecule has 2 N–H and O–H groups in total. The number of nitrogens with one attached hydrogen (secondary N) is 1. The molecule has 6 heteroatoms. The zero-order valence-electron chi connectivity index (χ0n) is 11.0. The molecule has 0 radical (unpaired) electrons. The van der Waals surface area contributed by atoms with E-state index in [4.69, 9.17) is 9.84 Å². The van der Waals surface area contributed by atoms with Crippen molar-refractivity contribution in [2.45, 2.75) is 13.8 Å². The van der Waals surface area contributed by atoms with Gasteiger partial charge < -0.3 is 15.2 Å². The molecule has 0 aliphatic heterocycles. The number of hydrogen-bond donors (Lipinski definition) is 2. The molecule has 1 fully saturated rings. The number of pyridine rings is 1. The van der Waals surface area contributed by atoms with E-state index >= 15 is 0 Å². The minimum absolute atomic E-state index is 0.288. The summed E-state index contributed by atoms with van der Waals surface area (Å²) in [6.07, 6.45) is 1.47. The fourth-order valence-corrected chi connectivity index (χ4v) is 2.38. The number of anilines is 1. The lowest BCUT2D eigenvalue weighted by Crippen LogP contribution is -2.17. The molecule has 1 aliphatic carbocycles. The van der Waals surface area contributed by atoms with Crippen molar-refractivity contribution in [3.63, 3.8) is 0 Å². The fraction of sp³-hybridized carbons (Fsp3) is 0.462. The maximum Gasteiger partial charge on any atom is 0.307 e. The van der Waals surface area contributed by atoms with Crippen molar-refractivity contribution < 1.29 is 19.4 Å². The Morgan fingerprint density at radius 3 is 2.47 bits per heavy atom. The third kappa shape index (κ3) is 2.38. The molecule has 1 heterocycles. The molecule has 1 amide bonds. The minimum atomic E-state index is -0.932. The van der Waals surface area contributed by atoms with Crippen LogP contribution in [0, 0.1) is 17.3 Å². The van der Waals surface area contributed by atoms with Crippen molar-refractivity contribution in [3.8, 4) is 5.88 Å². The van der Waals surface area contributed by atoms with Crippen LogP contribution < -0.4 is 10.1 Å². The number of methoxy groups -OCH3 is 1. The predicted octanol–water partition coefficient (Wildman–Crippen LogP) is 1.39. The zero-order valence-corrected chi connectivity index (χ0v) is 11.0. The lowest BCUT2D eigenvalue weighted by Gasteiger charge is -2.06. The summed E-state index contributed by atoms with van der Waals surface area (Å²) in [5.74, 6) is -1.90. The lowest BCUT2D eigenvalue weighted by atomic mass is 10.1. The van der Waals surface area contributed by atoms with Gasteiger partial charge >= 0.3 is 5.97 Å². The Balaban J connectivity index is 2.04. The van der Waals surface area contributed by atoms with Gasteiger partial charge in [0.1, 0.15) is 0 Å². The van der Waals surface area contributed by atoms with Crippen LogP contribution >= 0.6 is 0 Å². The van der Waals surface area contributed by atoms with E-state index in [2.05, 4.69) is 10.3 Å². The zero-order chi connectivity index (χ0) is 14.2. The molecule has 1 aromatic heterocycles. The average Bonchev–Trinajstić information content (AvgIpc) is 2.93.